The lowest BCUT2D eigenvalue weighted by Crippen LogP contribution is -2.44. The summed E-state index contributed by atoms with van der Waals surface area (Å²) in [6.45, 7) is 4.16. The normalized spacial score (nSPS) is 12.3. The maximum Gasteiger partial charge on any atom is 0.332 e. The molecular formula is C18H23BrN2O4. The Hall–Kier alpha value is -1.89. The van der Waals surface area contributed by atoms with E-state index in [9.17, 15) is 14.4 Å². The van der Waals surface area contributed by atoms with Crippen molar-refractivity contribution >= 4 is 32.8 Å². The Morgan fingerprint density at radius 2 is 1.92 bits per heavy atom. The lowest BCUT2D eigenvalue weighted by molar-refractivity contribution is -0.147. The van der Waals surface area contributed by atoms with Gasteiger partial charge >= 0.3 is 11.7 Å². The molecule has 25 heavy (non-hydrogen) atoms. The van der Waals surface area contributed by atoms with Crippen molar-refractivity contribution in [3.05, 3.63) is 45.1 Å². The van der Waals surface area contributed by atoms with Crippen molar-refractivity contribution in [3.63, 3.8) is 0 Å². The Morgan fingerprint density at radius 1 is 1.20 bits per heavy atom. The van der Waals surface area contributed by atoms with Gasteiger partial charge in [-0.25, -0.2) is 14.2 Å². The van der Waals surface area contributed by atoms with Gasteiger partial charge in [0.15, 0.2) is 0 Å². The quantitative estimate of drug-likeness (QED) is 0.381. The molecule has 136 valence electrons. The zero-order valence-corrected chi connectivity index (χ0v) is 16.1. The van der Waals surface area contributed by atoms with Crippen molar-refractivity contribution in [1.82, 2.24) is 9.13 Å². The molecule has 0 aliphatic rings. The summed E-state index contributed by atoms with van der Waals surface area (Å²) in [4.78, 5) is 38.1. The number of nitrogens with zero attached hydrogens (tertiary/aromatic N) is 2. The number of hydrogen-bond donors (Lipinski definition) is 0. The van der Waals surface area contributed by atoms with Gasteiger partial charge in [-0.1, -0.05) is 35.0 Å². The van der Waals surface area contributed by atoms with Gasteiger partial charge in [-0.05, 0) is 38.3 Å². The second-order valence-corrected chi connectivity index (χ2v) is 6.49. The van der Waals surface area contributed by atoms with Crippen LogP contribution in [-0.2, 0) is 16.1 Å². The molecule has 1 heterocycles. The number of aryl methyl sites for hydroxylation is 1. The Balaban J connectivity index is 2.69. The minimum absolute atomic E-state index is 0.205. The van der Waals surface area contributed by atoms with Crippen LogP contribution in [0.5, 0.6) is 0 Å². The fraction of sp³-hybridized carbons (Fsp3) is 0.500. The lowest BCUT2D eigenvalue weighted by Gasteiger charge is -2.19. The van der Waals surface area contributed by atoms with Gasteiger partial charge < -0.3 is 4.74 Å². The Morgan fingerprint density at radius 3 is 2.56 bits per heavy atom. The number of para-hydroxylation sites is 1. The molecule has 0 radical (unpaired) electrons. The van der Waals surface area contributed by atoms with Crippen LogP contribution in [0.3, 0.4) is 0 Å². The van der Waals surface area contributed by atoms with E-state index in [2.05, 4.69) is 15.9 Å². The van der Waals surface area contributed by atoms with Crippen LogP contribution in [-0.4, -0.2) is 27.0 Å². The number of benzene rings is 1. The average Bonchev–Trinajstić information content (AvgIpc) is 2.61. The predicted molar refractivity (Wildman–Crippen MR) is 101 cm³/mol. The highest BCUT2D eigenvalue weighted by atomic mass is 79.9. The van der Waals surface area contributed by atoms with Crippen LogP contribution in [0.2, 0.25) is 0 Å². The third-order valence-electron chi connectivity index (χ3n) is 4.10. The number of aromatic nitrogens is 2. The predicted octanol–water partition coefficient (Wildman–Crippen LogP) is 2.85. The van der Waals surface area contributed by atoms with Crippen LogP contribution in [0.25, 0.3) is 10.9 Å². The number of carbonyl (C=O) groups excluding carboxylic acids is 1. The van der Waals surface area contributed by atoms with E-state index in [0.717, 1.165) is 22.7 Å². The van der Waals surface area contributed by atoms with Gasteiger partial charge in [0.05, 0.1) is 17.5 Å². The number of rotatable bonds is 8. The molecule has 0 aliphatic heterocycles. The SMILES string of the molecule is CCOC(=O)C(CC)n1c(=O)c2ccccc2n(CCCCBr)c1=O. The maximum absolute atomic E-state index is 13.0. The molecule has 7 heteroatoms. The van der Waals surface area contributed by atoms with Gasteiger partial charge in [-0.2, -0.15) is 0 Å². The summed E-state index contributed by atoms with van der Waals surface area (Å²) < 4.78 is 7.69. The number of carbonyl (C=O) groups is 1. The molecule has 2 aromatic rings. The summed E-state index contributed by atoms with van der Waals surface area (Å²) in [6, 6.07) is 6.10. The molecule has 0 saturated carbocycles. The van der Waals surface area contributed by atoms with Gasteiger partial charge in [0.1, 0.15) is 6.04 Å². The van der Waals surface area contributed by atoms with E-state index in [-0.39, 0.29) is 6.61 Å². The van der Waals surface area contributed by atoms with Gasteiger partial charge in [0.25, 0.3) is 5.56 Å². The third kappa shape index (κ3) is 4.03. The molecular weight excluding hydrogens is 388 g/mol. The number of esters is 1. The molecule has 0 spiro atoms. The molecule has 2 rings (SSSR count). The Bertz CT molecular complexity index is 856. The third-order valence-corrected chi connectivity index (χ3v) is 4.66. The van der Waals surface area contributed by atoms with Crippen molar-refractivity contribution < 1.29 is 9.53 Å². The topological polar surface area (TPSA) is 70.3 Å². The van der Waals surface area contributed by atoms with Crippen LogP contribution in [0, 0.1) is 0 Å². The minimum Gasteiger partial charge on any atom is -0.464 e. The van der Waals surface area contributed by atoms with Crippen LogP contribution in [0.1, 0.15) is 39.2 Å². The number of ether oxygens (including phenoxy) is 1. The van der Waals surface area contributed by atoms with Crippen molar-refractivity contribution in [2.45, 2.75) is 45.7 Å². The second kappa shape index (κ2) is 8.99. The monoisotopic (exact) mass is 410 g/mol. The van der Waals surface area contributed by atoms with Gasteiger partial charge in [-0.3, -0.25) is 9.36 Å². The molecule has 1 unspecified atom stereocenters. The van der Waals surface area contributed by atoms with Gasteiger partial charge in [0, 0.05) is 11.9 Å². The van der Waals surface area contributed by atoms with Crippen molar-refractivity contribution in [1.29, 1.82) is 0 Å². The Kier molecular flexibility index (Phi) is 6.99. The summed E-state index contributed by atoms with van der Waals surface area (Å²) >= 11 is 3.38. The van der Waals surface area contributed by atoms with Crippen molar-refractivity contribution in [2.24, 2.45) is 0 Å². The number of unbranched alkanes of at least 4 members (excludes halogenated alkanes) is 1. The highest BCUT2D eigenvalue weighted by molar-refractivity contribution is 9.09. The summed E-state index contributed by atoms with van der Waals surface area (Å²) in [5.74, 6) is -0.550. The average molecular weight is 411 g/mol. The van der Waals surface area contributed by atoms with E-state index in [4.69, 9.17) is 4.74 Å². The molecule has 1 aromatic heterocycles. The first kappa shape index (κ1) is 19.4. The van der Waals surface area contributed by atoms with Crippen molar-refractivity contribution in [2.75, 3.05) is 11.9 Å². The summed E-state index contributed by atoms with van der Waals surface area (Å²) in [7, 11) is 0. The van der Waals surface area contributed by atoms with Gasteiger partial charge in [-0.15, -0.1) is 0 Å². The summed E-state index contributed by atoms with van der Waals surface area (Å²) in [5.41, 5.74) is -0.308. The molecule has 0 bridgehead atoms. The van der Waals surface area contributed by atoms with E-state index < -0.39 is 23.3 Å². The van der Waals surface area contributed by atoms with Crippen LogP contribution < -0.4 is 11.2 Å². The largest absolute Gasteiger partial charge is 0.464 e. The van der Waals surface area contributed by atoms with Crippen LogP contribution in [0.4, 0.5) is 0 Å². The molecule has 0 fully saturated rings. The highest BCUT2D eigenvalue weighted by Gasteiger charge is 2.25. The van der Waals surface area contributed by atoms with E-state index in [1.807, 2.05) is 0 Å². The molecule has 1 aromatic carbocycles. The smallest absolute Gasteiger partial charge is 0.332 e. The number of hydrogen-bond acceptors (Lipinski definition) is 4. The molecule has 0 N–H and O–H groups in total. The first-order chi connectivity index (χ1) is 12.1. The van der Waals surface area contributed by atoms with Crippen LogP contribution in [0.15, 0.2) is 33.9 Å². The van der Waals surface area contributed by atoms with E-state index in [1.165, 1.54) is 0 Å². The number of fused-ring (bicyclic) bond motifs is 1. The summed E-state index contributed by atoms with van der Waals surface area (Å²) in [6.07, 6.45) is 2.02. The summed E-state index contributed by atoms with van der Waals surface area (Å²) in [5, 5.41) is 1.28. The maximum atomic E-state index is 13.0. The van der Waals surface area contributed by atoms with E-state index in [0.29, 0.717) is 23.9 Å². The van der Waals surface area contributed by atoms with Gasteiger partial charge in [0.2, 0.25) is 0 Å². The van der Waals surface area contributed by atoms with E-state index in [1.54, 1.807) is 42.7 Å². The van der Waals surface area contributed by atoms with Crippen molar-refractivity contribution in [3.8, 4) is 0 Å². The first-order valence-electron chi connectivity index (χ1n) is 8.53. The van der Waals surface area contributed by atoms with E-state index >= 15 is 0 Å². The zero-order chi connectivity index (χ0) is 18.4. The fourth-order valence-corrected chi connectivity index (χ4v) is 3.28. The molecule has 6 nitrogen and oxygen atoms in total. The second-order valence-electron chi connectivity index (χ2n) is 5.70. The fourth-order valence-electron chi connectivity index (χ4n) is 2.89. The van der Waals surface area contributed by atoms with Crippen LogP contribution >= 0.6 is 15.9 Å². The molecule has 1 atom stereocenters. The number of halogens is 1. The zero-order valence-electron chi connectivity index (χ0n) is 14.5. The Labute approximate surface area is 154 Å². The minimum atomic E-state index is -0.910. The molecule has 0 amide bonds. The molecule has 0 saturated heterocycles. The first-order valence-corrected chi connectivity index (χ1v) is 9.65. The molecule has 0 aliphatic carbocycles. The standard InChI is InChI=1S/C18H23BrN2O4/c1-3-14(17(23)25-4-2)21-16(22)13-9-5-6-10-15(13)20(18(21)24)12-8-7-11-19/h5-6,9-10,14H,3-4,7-8,11-12H2,1-2H3. The number of alkyl halides is 1. The lowest BCUT2D eigenvalue weighted by atomic mass is 10.2. The highest BCUT2D eigenvalue weighted by Crippen LogP contribution is 2.14.